The summed E-state index contributed by atoms with van der Waals surface area (Å²) in [6, 6.07) is 9.81. The lowest BCUT2D eigenvalue weighted by Crippen LogP contribution is -2.52. The smallest absolute Gasteiger partial charge is 0.139 e. The van der Waals surface area contributed by atoms with Crippen LogP contribution in [0.25, 0.3) is 11.0 Å². The number of fused-ring (bicyclic) bond motifs is 1. The number of nitrogens with one attached hydrogen (secondary N) is 1. The van der Waals surface area contributed by atoms with Gasteiger partial charge in [-0.1, -0.05) is 29.3 Å². The zero-order valence-corrected chi connectivity index (χ0v) is 15.3. The summed E-state index contributed by atoms with van der Waals surface area (Å²) >= 11 is 12.3. The van der Waals surface area contributed by atoms with E-state index in [-0.39, 0.29) is 5.54 Å². The molecule has 0 atom stereocenters. The number of aromatic nitrogens is 2. The van der Waals surface area contributed by atoms with Gasteiger partial charge in [0.1, 0.15) is 5.65 Å². The lowest BCUT2D eigenvalue weighted by atomic mass is 9.82. The van der Waals surface area contributed by atoms with Crippen molar-refractivity contribution in [2.75, 3.05) is 18.0 Å². The molecule has 0 saturated carbocycles. The second-order valence-electron chi connectivity index (χ2n) is 6.83. The summed E-state index contributed by atoms with van der Waals surface area (Å²) in [7, 11) is 0. The number of hydrogen-bond donors (Lipinski definition) is 2. The molecule has 4 nitrogen and oxygen atoms in total. The average molecular weight is 375 g/mol. The molecule has 1 saturated heterocycles. The molecule has 0 spiro atoms. The SMILES string of the molecule is NC1(Cc2ccc(Cl)cc2Cl)CCN(c2ccnc3[nH]ccc23)CC1. The highest BCUT2D eigenvalue weighted by Gasteiger charge is 2.32. The van der Waals surface area contributed by atoms with Gasteiger partial charge in [0, 0.05) is 52.1 Å². The maximum atomic E-state index is 6.69. The minimum absolute atomic E-state index is 0.238. The Hall–Kier alpha value is -1.75. The topological polar surface area (TPSA) is 57.9 Å². The van der Waals surface area contributed by atoms with Crippen LogP contribution in [0.4, 0.5) is 5.69 Å². The van der Waals surface area contributed by atoms with E-state index in [1.165, 1.54) is 5.69 Å². The predicted octanol–water partition coefficient (Wildman–Crippen LogP) is 4.41. The molecule has 3 aromatic rings. The van der Waals surface area contributed by atoms with Gasteiger partial charge in [0.15, 0.2) is 0 Å². The Morgan fingerprint density at radius 1 is 1.16 bits per heavy atom. The molecule has 1 aliphatic rings. The van der Waals surface area contributed by atoms with Gasteiger partial charge < -0.3 is 15.6 Å². The normalized spacial score (nSPS) is 17.2. The molecule has 6 heteroatoms. The minimum Gasteiger partial charge on any atom is -0.371 e. The molecular weight excluding hydrogens is 355 g/mol. The van der Waals surface area contributed by atoms with E-state index in [1.807, 2.05) is 24.5 Å². The van der Waals surface area contributed by atoms with E-state index in [4.69, 9.17) is 28.9 Å². The Kier molecular flexibility index (Phi) is 4.36. The predicted molar refractivity (Wildman–Crippen MR) is 105 cm³/mol. The summed E-state index contributed by atoms with van der Waals surface area (Å²) in [6.45, 7) is 1.85. The van der Waals surface area contributed by atoms with Crippen LogP contribution in [0.5, 0.6) is 0 Å². The number of aromatic amines is 1. The third-order valence-electron chi connectivity index (χ3n) is 5.09. The number of anilines is 1. The fraction of sp³-hybridized carbons (Fsp3) is 0.316. The number of nitrogens with two attached hydrogens (primary N) is 1. The Balaban J connectivity index is 1.49. The van der Waals surface area contributed by atoms with Crippen LogP contribution in [0.3, 0.4) is 0 Å². The summed E-state index contributed by atoms with van der Waals surface area (Å²) in [6.07, 6.45) is 6.39. The largest absolute Gasteiger partial charge is 0.371 e. The Morgan fingerprint density at radius 2 is 1.96 bits per heavy atom. The number of rotatable bonds is 3. The first-order valence-electron chi connectivity index (χ1n) is 8.44. The van der Waals surface area contributed by atoms with Crippen molar-refractivity contribution in [1.29, 1.82) is 0 Å². The molecule has 0 radical (unpaired) electrons. The first kappa shape index (κ1) is 16.7. The van der Waals surface area contributed by atoms with Gasteiger partial charge in [0.25, 0.3) is 0 Å². The molecule has 0 bridgehead atoms. The second kappa shape index (κ2) is 6.52. The lowest BCUT2D eigenvalue weighted by molar-refractivity contribution is 0.331. The monoisotopic (exact) mass is 374 g/mol. The molecule has 130 valence electrons. The second-order valence-corrected chi connectivity index (χ2v) is 7.68. The molecule has 3 heterocycles. The summed E-state index contributed by atoms with van der Waals surface area (Å²) in [5.41, 5.74) is 9.67. The highest BCUT2D eigenvalue weighted by molar-refractivity contribution is 6.35. The number of pyridine rings is 1. The highest BCUT2D eigenvalue weighted by Crippen LogP contribution is 2.32. The summed E-state index contributed by atoms with van der Waals surface area (Å²) in [4.78, 5) is 9.93. The summed E-state index contributed by atoms with van der Waals surface area (Å²) in [5, 5.41) is 2.51. The van der Waals surface area contributed by atoms with Crippen molar-refractivity contribution in [3.63, 3.8) is 0 Å². The van der Waals surface area contributed by atoms with Crippen LogP contribution in [-0.4, -0.2) is 28.6 Å². The van der Waals surface area contributed by atoms with Crippen LogP contribution in [0.1, 0.15) is 18.4 Å². The number of piperidine rings is 1. The fourth-order valence-electron chi connectivity index (χ4n) is 3.64. The molecule has 1 aliphatic heterocycles. The maximum Gasteiger partial charge on any atom is 0.139 e. The minimum atomic E-state index is -0.238. The van der Waals surface area contributed by atoms with Crippen molar-refractivity contribution in [1.82, 2.24) is 9.97 Å². The van der Waals surface area contributed by atoms with E-state index in [1.54, 1.807) is 6.07 Å². The Labute approximate surface area is 156 Å². The first-order valence-corrected chi connectivity index (χ1v) is 9.20. The molecule has 4 rings (SSSR count). The zero-order chi connectivity index (χ0) is 17.4. The third-order valence-corrected chi connectivity index (χ3v) is 5.68. The van der Waals surface area contributed by atoms with Gasteiger partial charge in [-0.15, -0.1) is 0 Å². The van der Waals surface area contributed by atoms with Crippen molar-refractivity contribution >= 4 is 39.9 Å². The van der Waals surface area contributed by atoms with Crippen LogP contribution >= 0.6 is 23.2 Å². The van der Waals surface area contributed by atoms with Crippen molar-refractivity contribution in [2.24, 2.45) is 5.73 Å². The molecule has 0 unspecified atom stereocenters. The summed E-state index contributed by atoms with van der Waals surface area (Å²) in [5.74, 6) is 0. The summed E-state index contributed by atoms with van der Waals surface area (Å²) < 4.78 is 0. The van der Waals surface area contributed by atoms with E-state index < -0.39 is 0 Å². The van der Waals surface area contributed by atoms with Crippen LogP contribution in [0, 0.1) is 0 Å². The standard InChI is InChI=1S/C19H20Cl2N4/c20-14-2-1-13(16(21)11-14)12-19(22)5-9-25(10-6-19)17-4-8-24-18-15(17)3-7-23-18/h1-4,7-8,11H,5-6,9-10,12,22H2,(H,23,24). The fourth-order valence-corrected chi connectivity index (χ4v) is 4.11. The number of nitrogens with zero attached hydrogens (tertiary/aromatic N) is 2. The van der Waals surface area contributed by atoms with Crippen LogP contribution < -0.4 is 10.6 Å². The molecule has 1 aromatic carbocycles. The van der Waals surface area contributed by atoms with Gasteiger partial charge >= 0.3 is 0 Å². The Morgan fingerprint density at radius 3 is 2.72 bits per heavy atom. The molecular formula is C19H20Cl2N4. The number of halogens is 2. The molecule has 3 N–H and O–H groups in total. The van der Waals surface area contributed by atoms with Gasteiger partial charge in [0.05, 0.1) is 0 Å². The third kappa shape index (κ3) is 3.34. The molecule has 2 aromatic heterocycles. The number of H-pyrrole nitrogens is 1. The lowest BCUT2D eigenvalue weighted by Gasteiger charge is -2.40. The van der Waals surface area contributed by atoms with E-state index in [0.29, 0.717) is 10.0 Å². The van der Waals surface area contributed by atoms with Gasteiger partial charge in [0.2, 0.25) is 0 Å². The molecule has 25 heavy (non-hydrogen) atoms. The molecule has 1 fully saturated rings. The highest BCUT2D eigenvalue weighted by atomic mass is 35.5. The first-order chi connectivity index (χ1) is 12.0. The van der Waals surface area contributed by atoms with Crippen LogP contribution in [0.2, 0.25) is 10.0 Å². The molecule has 0 aliphatic carbocycles. The van der Waals surface area contributed by atoms with Crippen molar-refractivity contribution in [3.05, 3.63) is 58.3 Å². The van der Waals surface area contributed by atoms with Gasteiger partial charge in [-0.25, -0.2) is 4.98 Å². The average Bonchev–Trinajstić information content (AvgIpc) is 3.07. The zero-order valence-electron chi connectivity index (χ0n) is 13.8. The number of hydrogen-bond acceptors (Lipinski definition) is 3. The van der Waals surface area contributed by atoms with E-state index in [9.17, 15) is 0 Å². The van der Waals surface area contributed by atoms with Crippen molar-refractivity contribution in [2.45, 2.75) is 24.8 Å². The van der Waals surface area contributed by atoms with E-state index >= 15 is 0 Å². The van der Waals surface area contributed by atoms with Crippen LogP contribution in [-0.2, 0) is 6.42 Å². The van der Waals surface area contributed by atoms with Gasteiger partial charge in [-0.3, -0.25) is 0 Å². The van der Waals surface area contributed by atoms with Crippen molar-refractivity contribution < 1.29 is 0 Å². The van der Waals surface area contributed by atoms with Crippen LogP contribution in [0.15, 0.2) is 42.7 Å². The van der Waals surface area contributed by atoms with E-state index in [2.05, 4.69) is 27.0 Å². The maximum absolute atomic E-state index is 6.69. The van der Waals surface area contributed by atoms with Crippen molar-refractivity contribution in [3.8, 4) is 0 Å². The van der Waals surface area contributed by atoms with Gasteiger partial charge in [-0.05, 0) is 49.1 Å². The number of benzene rings is 1. The van der Waals surface area contributed by atoms with E-state index in [0.717, 1.165) is 48.9 Å². The quantitative estimate of drug-likeness (QED) is 0.713. The Bertz CT molecular complexity index is 897. The van der Waals surface area contributed by atoms with Gasteiger partial charge in [-0.2, -0.15) is 0 Å². The molecule has 0 amide bonds.